The van der Waals surface area contributed by atoms with E-state index in [4.69, 9.17) is 9.47 Å². The molecule has 2 aliphatic heterocycles. The van der Waals surface area contributed by atoms with Crippen LogP contribution >= 0.6 is 0 Å². The standard InChI is InChI=1S/C24H27N3O5/c1-17-6-2-3-7-18(17)23(29)25-11-10-22(28)27-16-21(24(30)26-12-14-31-15-13-26)32-20-9-5-4-8-19(20)27/h2-9,21H,10-16H2,1H3,(H,25,29)/t21-/m0/s1. The Bertz CT molecular complexity index is 1000. The molecule has 1 N–H and O–H groups in total. The summed E-state index contributed by atoms with van der Waals surface area (Å²) in [5.74, 6) is -0.0274. The predicted octanol–water partition coefficient (Wildman–Crippen LogP) is 1.77. The number of hydrogen-bond donors (Lipinski definition) is 1. The monoisotopic (exact) mass is 437 g/mol. The first-order valence-corrected chi connectivity index (χ1v) is 10.8. The molecular weight excluding hydrogens is 410 g/mol. The number of amides is 3. The number of morpholine rings is 1. The molecule has 0 radical (unpaired) electrons. The topological polar surface area (TPSA) is 88.2 Å². The van der Waals surface area contributed by atoms with Crippen LogP contribution in [0, 0.1) is 6.92 Å². The smallest absolute Gasteiger partial charge is 0.265 e. The summed E-state index contributed by atoms with van der Waals surface area (Å²) in [6, 6.07) is 14.5. The highest BCUT2D eigenvalue weighted by atomic mass is 16.5. The Labute approximate surface area is 187 Å². The highest BCUT2D eigenvalue weighted by Crippen LogP contribution is 2.34. The van der Waals surface area contributed by atoms with Crippen molar-refractivity contribution >= 4 is 23.4 Å². The van der Waals surface area contributed by atoms with Crippen molar-refractivity contribution in [2.24, 2.45) is 0 Å². The van der Waals surface area contributed by atoms with E-state index in [9.17, 15) is 14.4 Å². The van der Waals surface area contributed by atoms with Gasteiger partial charge in [0.1, 0.15) is 5.75 Å². The molecule has 168 valence electrons. The summed E-state index contributed by atoms with van der Waals surface area (Å²) in [5, 5.41) is 2.81. The van der Waals surface area contributed by atoms with E-state index in [1.165, 1.54) is 0 Å². The molecule has 2 aromatic rings. The number of fused-ring (bicyclic) bond motifs is 1. The molecule has 2 aromatic carbocycles. The molecule has 0 aromatic heterocycles. The molecule has 3 amide bonds. The fourth-order valence-corrected chi connectivity index (χ4v) is 3.93. The number of carbonyl (C=O) groups is 3. The number of nitrogens with zero attached hydrogens (tertiary/aromatic N) is 2. The first kappa shape index (κ1) is 21.8. The molecule has 0 unspecified atom stereocenters. The minimum absolute atomic E-state index is 0.115. The van der Waals surface area contributed by atoms with Gasteiger partial charge in [0.2, 0.25) is 5.91 Å². The Morgan fingerprint density at radius 3 is 2.53 bits per heavy atom. The minimum atomic E-state index is -0.770. The van der Waals surface area contributed by atoms with Crippen molar-refractivity contribution in [2.45, 2.75) is 19.4 Å². The van der Waals surface area contributed by atoms with Crippen molar-refractivity contribution in [2.75, 3.05) is 44.3 Å². The van der Waals surface area contributed by atoms with E-state index in [1.807, 2.05) is 37.3 Å². The van der Waals surface area contributed by atoms with Crippen LogP contribution in [0.25, 0.3) is 0 Å². The molecule has 2 aliphatic rings. The number of nitrogens with one attached hydrogen (secondary N) is 1. The Morgan fingerprint density at radius 1 is 1.03 bits per heavy atom. The lowest BCUT2D eigenvalue weighted by molar-refractivity contribution is -0.142. The van der Waals surface area contributed by atoms with E-state index in [0.717, 1.165) is 5.56 Å². The zero-order chi connectivity index (χ0) is 22.5. The summed E-state index contributed by atoms with van der Waals surface area (Å²) in [4.78, 5) is 41.8. The summed E-state index contributed by atoms with van der Waals surface area (Å²) in [6.07, 6.45) is -0.654. The SMILES string of the molecule is Cc1ccccc1C(=O)NCCC(=O)N1C[C@@H](C(=O)N2CCOCC2)Oc2ccccc21. The first-order valence-electron chi connectivity index (χ1n) is 10.8. The third-order valence-corrected chi connectivity index (χ3v) is 5.69. The van der Waals surface area contributed by atoms with Crippen LogP contribution in [0.1, 0.15) is 22.3 Å². The van der Waals surface area contributed by atoms with Crippen molar-refractivity contribution < 1.29 is 23.9 Å². The number of aryl methyl sites for hydroxylation is 1. The van der Waals surface area contributed by atoms with E-state index in [-0.39, 0.29) is 37.2 Å². The van der Waals surface area contributed by atoms with E-state index in [2.05, 4.69) is 5.32 Å². The van der Waals surface area contributed by atoms with Gasteiger partial charge in [-0.05, 0) is 30.7 Å². The van der Waals surface area contributed by atoms with Gasteiger partial charge in [0.05, 0.1) is 25.4 Å². The molecule has 1 fully saturated rings. The van der Waals surface area contributed by atoms with Crippen LogP contribution in [0.4, 0.5) is 5.69 Å². The highest BCUT2D eigenvalue weighted by Gasteiger charge is 2.36. The molecule has 2 heterocycles. The molecule has 8 nitrogen and oxygen atoms in total. The maximum Gasteiger partial charge on any atom is 0.265 e. The van der Waals surface area contributed by atoms with Gasteiger partial charge in [0.15, 0.2) is 6.10 Å². The average molecular weight is 437 g/mol. The number of rotatable bonds is 5. The maximum atomic E-state index is 13.1. The summed E-state index contributed by atoms with van der Waals surface area (Å²) in [7, 11) is 0. The number of benzene rings is 2. The van der Waals surface area contributed by atoms with Crippen LogP contribution in [0.2, 0.25) is 0 Å². The summed E-state index contributed by atoms with van der Waals surface area (Å²) >= 11 is 0. The van der Waals surface area contributed by atoms with E-state index >= 15 is 0 Å². The molecule has 1 atom stereocenters. The predicted molar refractivity (Wildman–Crippen MR) is 119 cm³/mol. The van der Waals surface area contributed by atoms with E-state index < -0.39 is 6.10 Å². The van der Waals surface area contributed by atoms with Crippen LogP contribution in [-0.2, 0) is 14.3 Å². The minimum Gasteiger partial charge on any atom is -0.476 e. The van der Waals surface area contributed by atoms with E-state index in [1.54, 1.807) is 28.0 Å². The van der Waals surface area contributed by atoms with Crippen LogP contribution in [0.15, 0.2) is 48.5 Å². The second-order valence-corrected chi connectivity index (χ2v) is 7.84. The summed E-state index contributed by atoms with van der Waals surface area (Å²) < 4.78 is 11.3. The van der Waals surface area contributed by atoms with Crippen molar-refractivity contribution in [3.63, 3.8) is 0 Å². The first-order chi connectivity index (χ1) is 15.5. The van der Waals surface area contributed by atoms with Crippen molar-refractivity contribution in [3.8, 4) is 5.75 Å². The number of ether oxygens (including phenoxy) is 2. The number of para-hydroxylation sites is 2. The Balaban J connectivity index is 1.41. The van der Waals surface area contributed by atoms with Crippen LogP contribution in [0.3, 0.4) is 0 Å². The van der Waals surface area contributed by atoms with Gasteiger partial charge in [-0.15, -0.1) is 0 Å². The number of anilines is 1. The third kappa shape index (κ3) is 4.75. The largest absolute Gasteiger partial charge is 0.476 e. The average Bonchev–Trinajstić information content (AvgIpc) is 2.83. The molecule has 0 saturated carbocycles. The Hall–Kier alpha value is -3.39. The Kier molecular flexibility index (Phi) is 6.70. The molecular formula is C24H27N3O5. The number of carbonyl (C=O) groups excluding carboxylic acids is 3. The molecule has 4 rings (SSSR count). The van der Waals surface area contributed by atoms with Gasteiger partial charge in [0.25, 0.3) is 11.8 Å². The summed E-state index contributed by atoms with van der Waals surface area (Å²) in [6.45, 7) is 4.23. The van der Waals surface area contributed by atoms with Crippen LogP contribution in [-0.4, -0.2) is 68.1 Å². The van der Waals surface area contributed by atoms with Gasteiger partial charge in [-0.3, -0.25) is 14.4 Å². The Morgan fingerprint density at radius 2 is 1.75 bits per heavy atom. The van der Waals surface area contributed by atoms with Crippen molar-refractivity contribution in [1.29, 1.82) is 0 Å². The fraction of sp³-hybridized carbons (Fsp3) is 0.375. The van der Waals surface area contributed by atoms with E-state index in [0.29, 0.717) is 43.3 Å². The van der Waals surface area contributed by atoms with Gasteiger partial charge >= 0.3 is 0 Å². The third-order valence-electron chi connectivity index (χ3n) is 5.69. The van der Waals surface area contributed by atoms with Gasteiger partial charge in [-0.1, -0.05) is 30.3 Å². The molecule has 0 aliphatic carbocycles. The lowest BCUT2D eigenvalue weighted by Crippen LogP contribution is -2.54. The van der Waals surface area contributed by atoms with Gasteiger partial charge in [0, 0.05) is 31.6 Å². The zero-order valence-corrected chi connectivity index (χ0v) is 18.1. The normalized spacial score (nSPS) is 17.8. The molecule has 8 heteroatoms. The second-order valence-electron chi connectivity index (χ2n) is 7.84. The van der Waals surface area contributed by atoms with Crippen LogP contribution in [0.5, 0.6) is 5.75 Å². The summed E-state index contributed by atoms with van der Waals surface area (Å²) in [5.41, 5.74) is 2.10. The second kappa shape index (κ2) is 9.82. The lowest BCUT2D eigenvalue weighted by Gasteiger charge is -2.37. The molecule has 1 saturated heterocycles. The fourth-order valence-electron chi connectivity index (χ4n) is 3.93. The van der Waals surface area contributed by atoms with Gasteiger partial charge < -0.3 is 24.6 Å². The highest BCUT2D eigenvalue weighted by molar-refractivity contribution is 5.98. The van der Waals surface area contributed by atoms with Gasteiger partial charge in [-0.25, -0.2) is 0 Å². The van der Waals surface area contributed by atoms with Gasteiger partial charge in [-0.2, -0.15) is 0 Å². The maximum absolute atomic E-state index is 13.1. The zero-order valence-electron chi connectivity index (χ0n) is 18.1. The van der Waals surface area contributed by atoms with Crippen molar-refractivity contribution in [1.82, 2.24) is 10.2 Å². The molecule has 0 bridgehead atoms. The van der Waals surface area contributed by atoms with Crippen LogP contribution < -0.4 is 15.0 Å². The number of hydrogen-bond acceptors (Lipinski definition) is 5. The molecule has 32 heavy (non-hydrogen) atoms. The molecule has 0 spiro atoms. The lowest BCUT2D eigenvalue weighted by atomic mass is 10.1. The quantitative estimate of drug-likeness (QED) is 0.770. The van der Waals surface area contributed by atoms with Crippen molar-refractivity contribution in [3.05, 3.63) is 59.7 Å².